The van der Waals surface area contributed by atoms with E-state index in [-0.39, 0.29) is 11.5 Å². The lowest BCUT2D eigenvalue weighted by atomic mass is 9.87. The van der Waals surface area contributed by atoms with Crippen LogP contribution in [0.4, 0.5) is 13.2 Å². The minimum absolute atomic E-state index is 0.0316. The van der Waals surface area contributed by atoms with Gasteiger partial charge in [-0.1, -0.05) is 31.5 Å². The van der Waals surface area contributed by atoms with Gasteiger partial charge in [0.2, 0.25) is 0 Å². The minimum Gasteiger partial charge on any atom is -0.480 e. The molecular formula is C16H22F3NO2. The average molecular weight is 317 g/mol. The Morgan fingerprint density at radius 2 is 1.91 bits per heavy atom. The Morgan fingerprint density at radius 1 is 1.32 bits per heavy atom. The van der Waals surface area contributed by atoms with Gasteiger partial charge in [-0.2, -0.15) is 13.2 Å². The van der Waals surface area contributed by atoms with Gasteiger partial charge in [0.05, 0.1) is 5.56 Å². The fraction of sp³-hybridized carbons (Fsp3) is 0.562. The number of carboxylic acids is 1. The lowest BCUT2D eigenvalue weighted by Crippen LogP contribution is -2.46. The van der Waals surface area contributed by atoms with Gasteiger partial charge in [-0.15, -0.1) is 0 Å². The molecular weight excluding hydrogens is 295 g/mol. The molecule has 0 unspecified atom stereocenters. The van der Waals surface area contributed by atoms with E-state index in [2.05, 4.69) is 0 Å². The molecule has 0 spiro atoms. The van der Waals surface area contributed by atoms with Crippen LogP contribution in [-0.4, -0.2) is 16.6 Å². The van der Waals surface area contributed by atoms with Crippen LogP contribution in [-0.2, 0) is 17.4 Å². The van der Waals surface area contributed by atoms with Crippen LogP contribution in [0, 0.1) is 5.92 Å². The summed E-state index contributed by atoms with van der Waals surface area (Å²) in [6, 6.07) is 5.54. The van der Waals surface area contributed by atoms with Crippen LogP contribution in [0.15, 0.2) is 24.3 Å². The summed E-state index contributed by atoms with van der Waals surface area (Å²) in [4.78, 5) is 11.0. The van der Waals surface area contributed by atoms with Gasteiger partial charge in [0, 0.05) is 0 Å². The van der Waals surface area contributed by atoms with Crippen LogP contribution in [0.3, 0.4) is 0 Å². The number of carboxylic acid groups (broad SMARTS) is 1. The summed E-state index contributed by atoms with van der Waals surface area (Å²) in [5, 5.41) is 8.97. The number of nitrogens with two attached hydrogens (primary N) is 1. The lowest BCUT2D eigenvalue weighted by molar-refractivity contribution is -0.143. The molecule has 0 bridgehead atoms. The molecule has 0 heterocycles. The maximum absolute atomic E-state index is 12.9. The Balaban J connectivity index is 2.57. The van der Waals surface area contributed by atoms with Gasteiger partial charge in [-0.05, 0) is 43.7 Å². The molecule has 3 nitrogen and oxygen atoms in total. The zero-order valence-electron chi connectivity index (χ0n) is 12.8. The first-order valence-electron chi connectivity index (χ1n) is 7.21. The maximum Gasteiger partial charge on any atom is 0.416 e. The highest BCUT2D eigenvalue weighted by molar-refractivity contribution is 5.77. The highest BCUT2D eigenvalue weighted by atomic mass is 19.4. The Bertz CT molecular complexity index is 512. The Labute approximate surface area is 128 Å². The predicted molar refractivity (Wildman–Crippen MR) is 78.4 cm³/mol. The monoisotopic (exact) mass is 317 g/mol. The standard InChI is InChI=1S/C16H22F3NO2/c1-11(10-15(2,20)14(21)22)6-5-8-12-7-3-4-9-13(12)16(17,18)19/h3-4,7,9,11H,5-6,8,10,20H2,1-2H3,(H,21,22)/t11-,15-/m1/s1. The van der Waals surface area contributed by atoms with Crippen molar-refractivity contribution < 1.29 is 23.1 Å². The first-order valence-corrected chi connectivity index (χ1v) is 7.21. The SMILES string of the molecule is C[C@H](CCCc1ccccc1C(F)(F)F)C[C@@](C)(N)C(=O)O. The molecule has 3 N–H and O–H groups in total. The maximum atomic E-state index is 12.9. The van der Waals surface area contributed by atoms with E-state index >= 15 is 0 Å². The smallest absolute Gasteiger partial charge is 0.416 e. The number of halogens is 3. The van der Waals surface area contributed by atoms with E-state index in [0.717, 1.165) is 6.07 Å². The van der Waals surface area contributed by atoms with E-state index in [1.807, 2.05) is 6.92 Å². The van der Waals surface area contributed by atoms with Crippen molar-refractivity contribution in [3.05, 3.63) is 35.4 Å². The second-order valence-corrected chi connectivity index (χ2v) is 6.08. The van der Waals surface area contributed by atoms with Crippen molar-refractivity contribution in [2.45, 2.75) is 51.2 Å². The molecule has 0 saturated carbocycles. The lowest BCUT2D eigenvalue weighted by Gasteiger charge is -2.23. The number of carbonyl (C=O) groups is 1. The molecule has 0 fully saturated rings. The number of hydrogen-bond acceptors (Lipinski definition) is 2. The van der Waals surface area contributed by atoms with Crippen molar-refractivity contribution in [1.29, 1.82) is 0 Å². The van der Waals surface area contributed by atoms with Crippen LogP contribution < -0.4 is 5.73 Å². The third-order valence-corrected chi connectivity index (χ3v) is 3.73. The molecule has 0 amide bonds. The number of aryl methyl sites for hydroxylation is 1. The van der Waals surface area contributed by atoms with E-state index in [4.69, 9.17) is 10.8 Å². The van der Waals surface area contributed by atoms with Crippen LogP contribution in [0.2, 0.25) is 0 Å². The summed E-state index contributed by atoms with van der Waals surface area (Å²) in [6.07, 6.45) is -2.55. The first-order chi connectivity index (χ1) is 10.0. The van der Waals surface area contributed by atoms with Crippen LogP contribution in [0.5, 0.6) is 0 Å². The summed E-state index contributed by atoms with van der Waals surface area (Å²) < 4.78 is 38.6. The van der Waals surface area contributed by atoms with Crippen molar-refractivity contribution in [2.75, 3.05) is 0 Å². The van der Waals surface area contributed by atoms with Gasteiger partial charge in [0.25, 0.3) is 0 Å². The highest BCUT2D eigenvalue weighted by Crippen LogP contribution is 2.32. The summed E-state index contributed by atoms with van der Waals surface area (Å²) in [5.41, 5.74) is 4.05. The molecule has 1 rings (SSSR count). The summed E-state index contributed by atoms with van der Waals surface area (Å²) in [5.74, 6) is -1.04. The molecule has 1 aromatic carbocycles. The number of benzene rings is 1. The second-order valence-electron chi connectivity index (χ2n) is 6.08. The van der Waals surface area contributed by atoms with Crippen molar-refractivity contribution >= 4 is 5.97 Å². The Kier molecular flexibility index (Phi) is 6.00. The van der Waals surface area contributed by atoms with E-state index in [9.17, 15) is 18.0 Å². The molecule has 0 aliphatic heterocycles. The minimum atomic E-state index is -4.35. The van der Waals surface area contributed by atoms with Crippen molar-refractivity contribution in [2.24, 2.45) is 11.7 Å². The molecule has 0 radical (unpaired) electrons. The van der Waals surface area contributed by atoms with Gasteiger partial charge < -0.3 is 10.8 Å². The van der Waals surface area contributed by atoms with Crippen LogP contribution in [0.1, 0.15) is 44.2 Å². The Morgan fingerprint density at radius 3 is 2.45 bits per heavy atom. The molecule has 0 aromatic heterocycles. The molecule has 0 aliphatic rings. The van der Waals surface area contributed by atoms with Crippen LogP contribution in [0.25, 0.3) is 0 Å². The summed E-state index contributed by atoms with van der Waals surface area (Å²) in [6.45, 7) is 3.31. The average Bonchev–Trinajstić information content (AvgIpc) is 2.37. The van der Waals surface area contributed by atoms with Crippen molar-refractivity contribution in [3.63, 3.8) is 0 Å². The summed E-state index contributed by atoms with van der Waals surface area (Å²) in [7, 11) is 0. The van der Waals surface area contributed by atoms with Crippen molar-refractivity contribution in [3.8, 4) is 0 Å². The number of hydrogen-bond donors (Lipinski definition) is 2. The topological polar surface area (TPSA) is 63.3 Å². The quantitative estimate of drug-likeness (QED) is 0.803. The van der Waals surface area contributed by atoms with Crippen LogP contribution >= 0.6 is 0 Å². The molecule has 2 atom stereocenters. The number of alkyl halides is 3. The predicted octanol–water partition coefficient (Wildman–Crippen LogP) is 3.86. The largest absolute Gasteiger partial charge is 0.480 e. The Hall–Kier alpha value is -1.56. The number of rotatable bonds is 7. The zero-order valence-corrected chi connectivity index (χ0v) is 12.8. The number of aliphatic carboxylic acids is 1. The first kappa shape index (κ1) is 18.5. The van der Waals surface area contributed by atoms with E-state index in [1.165, 1.54) is 19.1 Å². The molecule has 0 saturated heterocycles. The second kappa shape index (κ2) is 7.13. The molecule has 1 aromatic rings. The third kappa shape index (κ3) is 5.33. The van der Waals surface area contributed by atoms with Crippen molar-refractivity contribution in [1.82, 2.24) is 0 Å². The third-order valence-electron chi connectivity index (χ3n) is 3.73. The van der Waals surface area contributed by atoms with Gasteiger partial charge in [-0.25, -0.2) is 0 Å². The fourth-order valence-corrected chi connectivity index (χ4v) is 2.57. The van der Waals surface area contributed by atoms with E-state index in [1.54, 1.807) is 6.07 Å². The fourth-order valence-electron chi connectivity index (χ4n) is 2.57. The van der Waals surface area contributed by atoms with Gasteiger partial charge in [0.15, 0.2) is 0 Å². The van der Waals surface area contributed by atoms with Gasteiger partial charge >= 0.3 is 12.1 Å². The van der Waals surface area contributed by atoms with Gasteiger partial charge in [-0.3, -0.25) is 4.79 Å². The zero-order chi connectivity index (χ0) is 17.0. The molecule has 6 heteroatoms. The van der Waals surface area contributed by atoms with E-state index in [0.29, 0.717) is 25.7 Å². The normalized spacial score (nSPS) is 16.1. The van der Waals surface area contributed by atoms with E-state index < -0.39 is 23.2 Å². The highest BCUT2D eigenvalue weighted by Gasteiger charge is 2.33. The summed E-state index contributed by atoms with van der Waals surface area (Å²) >= 11 is 0. The molecule has 0 aliphatic carbocycles. The molecule has 124 valence electrons. The van der Waals surface area contributed by atoms with Gasteiger partial charge in [0.1, 0.15) is 5.54 Å². The molecule has 22 heavy (non-hydrogen) atoms.